The molecular weight excluding hydrogens is 446 g/mol. The molecule has 0 bridgehead atoms. The molecule has 1 aromatic heterocycles. The molecule has 5 rings (SSSR count). The van der Waals surface area contributed by atoms with Crippen LogP contribution in [-0.2, 0) is 4.74 Å². The van der Waals surface area contributed by atoms with Crippen LogP contribution in [0.4, 0.5) is 4.79 Å². The molecule has 176 valence electrons. The van der Waals surface area contributed by atoms with Gasteiger partial charge in [0.25, 0.3) is 0 Å². The first kappa shape index (κ1) is 22.7. The molecule has 0 spiro atoms. The smallest absolute Gasteiger partial charge is 0.410 e. The molecule has 6 heteroatoms. The van der Waals surface area contributed by atoms with Crippen LogP contribution in [0.5, 0.6) is 0 Å². The molecule has 1 saturated heterocycles. The molecule has 0 saturated carbocycles. The second-order valence-electron chi connectivity index (χ2n) is 10.2. The highest BCUT2D eigenvalue weighted by atomic mass is 35.5. The summed E-state index contributed by atoms with van der Waals surface area (Å²) in [5, 5.41) is 0.782. The predicted octanol–water partition coefficient (Wildman–Crippen LogP) is 7.35. The molecule has 2 atom stereocenters. The Balaban J connectivity index is 1.47. The summed E-state index contributed by atoms with van der Waals surface area (Å²) < 4.78 is 5.63. The highest BCUT2D eigenvalue weighted by Gasteiger charge is 2.35. The summed E-state index contributed by atoms with van der Waals surface area (Å²) in [4.78, 5) is 22.8. The van der Waals surface area contributed by atoms with E-state index in [4.69, 9.17) is 21.3 Å². The van der Waals surface area contributed by atoms with E-state index < -0.39 is 5.60 Å². The third kappa shape index (κ3) is 4.14. The predicted molar refractivity (Wildman–Crippen MR) is 136 cm³/mol. The summed E-state index contributed by atoms with van der Waals surface area (Å²) in [5.41, 5.74) is 6.34. The third-order valence-electron chi connectivity index (χ3n) is 6.58. The molecule has 5 nitrogen and oxygen atoms in total. The van der Waals surface area contributed by atoms with E-state index in [0.717, 1.165) is 40.5 Å². The minimum Gasteiger partial charge on any atom is -0.444 e. The first-order chi connectivity index (χ1) is 16.2. The number of aromatic nitrogens is 2. The van der Waals surface area contributed by atoms with Gasteiger partial charge in [0.05, 0.1) is 17.9 Å². The Morgan fingerprint density at radius 2 is 1.91 bits per heavy atom. The lowest BCUT2D eigenvalue weighted by molar-refractivity contribution is 0.0218. The van der Waals surface area contributed by atoms with E-state index in [0.29, 0.717) is 6.54 Å². The molecule has 34 heavy (non-hydrogen) atoms. The second-order valence-corrected chi connectivity index (χ2v) is 10.6. The number of carbonyl (C=O) groups is 1. The van der Waals surface area contributed by atoms with Gasteiger partial charge in [0.15, 0.2) is 0 Å². The Bertz CT molecular complexity index is 1270. The van der Waals surface area contributed by atoms with E-state index in [1.165, 1.54) is 16.7 Å². The lowest BCUT2D eigenvalue weighted by Crippen LogP contribution is -2.36. The van der Waals surface area contributed by atoms with Crippen molar-refractivity contribution in [1.82, 2.24) is 14.9 Å². The normalized spacial score (nSPS) is 19.8. The molecule has 1 fully saturated rings. The highest BCUT2D eigenvalue weighted by Crippen LogP contribution is 2.46. The number of fused-ring (bicyclic) bond motifs is 1. The molecule has 2 aliphatic rings. The second kappa shape index (κ2) is 8.62. The van der Waals surface area contributed by atoms with Gasteiger partial charge in [0.1, 0.15) is 11.4 Å². The van der Waals surface area contributed by atoms with Crippen molar-refractivity contribution >= 4 is 23.8 Å². The van der Waals surface area contributed by atoms with Gasteiger partial charge in [0.2, 0.25) is 0 Å². The monoisotopic (exact) mass is 475 g/mol. The van der Waals surface area contributed by atoms with Crippen LogP contribution >= 0.6 is 11.6 Å². The summed E-state index contributed by atoms with van der Waals surface area (Å²) >= 11 is 6.50. The van der Waals surface area contributed by atoms with E-state index in [2.05, 4.69) is 48.3 Å². The first-order valence-corrected chi connectivity index (χ1v) is 12.2. The average Bonchev–Trinajstić information content (AvgIpc) is 3.51. The number of hydrogen-bond acceptors (Lipinski definition) is 3. The fourth-order valence-corrected chi connectivity index (χ4v) is 5.39. The molecule has 1 amide bonds. The molecule has 0 radical (unpaired) electrons. The highest BCUT2D eigenvalue weighted by molar-refractivity contribution is 6.32. The van der Waals surface area contributed by atoms with Gasteiger partial charge in [-0.3, -0.25) is 4.90 Å². The van der Waals surface area contributed by atoms with Crippen molar-refractivity contribution in [2.24, 2.45) is 0 Å². The van der Waals surface area contributed by atoms with Crippen LogP contribution in [0.15, 0.2) is 54.2 Å². The number of H-pyrrole nitrogens is 1. The van der Waals surface area contributed by atoms with Gasteiger partial charge in [-0.15, -0.1) is 0 Å². The average molecular weight is 476 g/mol. The SMILES string of the molecule is CC1=Cc2c(Cl)cccc2C1c1ccccc1-c1cnc(C2CCCN2C(=O)OC(C)(C)C)[nH]1. The molecule has 2 aromatic carbocycles. The summed E-state index contributed by atoms with van der Waals surface area (Å²) in [6.45, 7) is 8.51. The Kier molecular flexibility index (Phi) is 5.76. The zero-order valence-electron chi connectivity index (χ0n) is 20.1. The maximum atomic E-state index is 12.8. The number of carbonyl (C=O) groups excluding carboxylic acids is 1. The van der Waals surface area contributed by atoms with Gasteiger partial charge in [0, 0.05) is 23.0 Å². The maximum absolute atomic E-state index is 12.8. The van der Waals surface area contributed by atoms with Crippen LogP contribution in [-0.4, -0.2) is 33.1 Å². The number of nitrogens with zero attached hydrogens (tertiary/aromatic N) is 2. The zero-order valence-corrected chi connectivity index (χ0v) is 20.8. The van der Waals surface area contributed by atoms with Crippen molar-refractivity contribution in [3.8, 4) is 11.3 Å². The van der Waals surface area contributed by atoms with E-state index in [-0.39, 0.29) is 18.1 Å². The van der Waals surface area contributed by atoms with Crippen molar-refractivity contribution in [3.63, 3.8) is 0 Å². The van der Waals surface area contributed by atoms with Gasteiger partial charge in [-0.05, 0) is 63.3 Å². The summed E-state index contributed by atoms with van der Waals surface area (Å²) in [6.07, 6.45) is 5.58. The molecule has 2 heterocycles. The van der Waals surface area contributed by atoms with Crippen molar-refractivity contribution < 1.29 is 9.53 Å². The van der Waals surface area contributed by atoms with Crippen molar-refractivity contribution in [2.45, 2.75) is 58.1 Å². The standard InChI is InChI=1S/C28H30ClN3O2/c1-17-15-21-20(11-7-12-22(21)29)25(17)19-10-6-5-9-18(19)23-16-30-26(31-23)24-13-8-14-32(24)27(33)34-28(2,3)4/h5-7,9-12,15-16,24-25H,8,13-14H2,1-4H3,(H,30,31). The third-order valence-corrected chi connectivity index (χ3v) is 6.91. The molecule has 3 aromatic rings. The lowest BCUT2D eigenvalue weighted by Gasteiger charge is -2.27. The lowest BCUT2D eigenvalue weighted by atomic mass is 9.85. The Labute approximate surface area is 205 Å². The number of nitrogens with one attached hydrogen (secondary N) is 1. The minimum absolute atomic E-state index is 0.108. The van der Waals surface area contributed by atoms with Crippen LogP contribution in [0.2, 0.25) is 5.02 Å². The Morgan fingerprint density at radius 1 is 1.15 bits per heavy atom. The van der Waals surface area contributed by atoms with Gasteiger partial charge in [-0.1, -0.05) is 59.6 Å². The number of aromatic amines is 1. The van der Waals surface area contributed by atoms with Gasteiger partial charge in [-0.2, -0.15) is 0 Å². The van der Waals surface area contributed by atoms with E-state index in [9.17, 15) is 4.79 Å². The van der Waals surface area contributed by atoms with E-state index >= 15 is 0 Å². The Hall–Kier alpha value is -3.05. The van der Waals surface area contributed by atoms with Crippen molar-refractivity contribution in [3.05, 3.63) is 81.8 Å². The van der Waals surface area contributed by atoms with Gasteiger partial charge < -0.3 is 9.72 Å². The number of benzene rings is 2. The number of likely N-dealkylation sites (tertiary alicyclic amines) is 1. The minimum atomic E-state index is -0.524. The number of imidazole rings is 1. The molecule has 1 aliphatic carbocycles. The molecule has 1 N–H and O–H groups in total. The number of hydrogen-bond donors (Lipinski definition) is 1. The molecule has 1 aliphatic heterocycles. The largest absolute Gasteiger partial charge is 0.444 e. The van der Waals surface area contributed by atoms with Gasteiger partial charge >= 0.3 is 6.09 Å². The number of amides is 1. The van der Waals surface area contributed by atoms with E-state index in [1.807, 2.05) is 39.1 Å². The van der Waals surface area contributed by atoms with Crippen molar-refractivity contribution in [2.75, 3.05) is 6.54 Å². The summed E-state index contributed by atoms with van der Waals surface area (Å²) in [7, 11) is 0. The van der Waals surface area contributed by atoms with Crippen LogP contribution in [0.25, 0.3) is 17.3 Å². The fraction of sp³-hybridized carbons (Fsp3) is 0.357. The first-order valence-electron chi connectivity index (χ1n) is 11.8. The summed E-state index contributed by atoms with van der Waals surface area (Å²) in [5.74, 6) is 0.941. The molecular formula is C28H30ClN3O2. The van der Waals surface area contributed by atoms with Crippen LogP contribution < -0.4 is 0 Å². The van der Waals surface area contributed by atoms with Gasteiger partial charge in [-0.25, -0.2) is 9.78 Å². The Morgan fingerprint density at radius 3 is 2.71 bits per heavy atom. The fourth-order valence-electron chi connectivity index (χ4n) is 5.15. The molecule has 2 unspecified atom stereocenters. The number of rotatable bonds is 3. The summed E-state index contributed by atoms with van der Waals surface area (Å²) in [6, 6.07) is 14.4. The maximum Gasteiger partial charge on any atom is 0.410 e. The quantitative estimate of drug-likeness (QED) is 0.430. The number of halogens is 1. The number of ether oxygens (including phenoxy) is 1. The topological polar surface area (TPSA) is 58.2 Å². The van der Waals surface area contributed by atoms with Crippen LogP contribution in [0, 0.1) is 0 Å². The van der Waals surface area contributed by atoms with E-state index in [1.54, 1.807) is 4.90 Å². The van der Waals surface area contributed by atoms with Crippen LogP contribution in [0.3, 0.4) is 0 Å². The zero-order chi connectivity index (χ0) is 24.0. The van der Waals surface area contributed by atoms with Crippen LogP contribution in [0.1, 0.15) is 75.0 Å². The number of allylic oxidation sites excluding steroid dienone is 1. The van der Waals surface area contributed by atoms with Crippen molar-refractivity contribution in [1.29, 1.82) is 0 Å².